The number of Topliss-reactive ketones (excluding diaryl/α,β-unsaturated/α-hetero) is 1. The van der Waals surface area contributed by atoms with Crippen LogP contribution in [0.1, 0.15) is 24.2 Å². The number of imidazole rings is 1. The SMILES string of the molecule is CC(C)C(=O)c1ccc2nc(-c3ccc(N(C)C)cc3)[nH]c2c1. The Morgan fingerprint density at radius 2 is 1.78 bits per heavy atom. The molecule has 3 rings (SSSR count). The van der Waals surface area contributed by atoms with E-state index in [1.807, 2.05) is 58.3 Å². The number of carbonyl (C=O) groups is 1. The van der Waals surface area contributed by atoms with E-state index in [1.165, 1.54) is 0 Å². The van der Waals surface area contributed by atoms with Crippen LogP contribution in [0.2, 0.25) is 0 Å². The van der Waals surface area contributed by atoms with Gasteiger partial charge < -0.3 is 9.88 Å². The molecule has 0 radical (unpaired) electrons. The van der Waals surface area contributed by atoms with Gasteiger partial charge in [0.15, 0.2) is 5.78 Å². The fourth-order valence-corrected chi connectivity index (χ4v) is 2.55. The minimum absolute atomic E-state index is 0.00609. The molecule has 0 unspecified atom stereocenters. The van der Waals surface area contributed by atoms with Crippen LogP contribution in [0.4, 0.5) is 5.69 Å². The van der Waals surface area contributed by atoms with Crippen LogP contribution in [0.5, 0.6) is 0 Å². The number of aromatic nitrogens is 2. The standard InChI is InChI=1S/C19H21N3O/c1-12(2)18(23)14-7-10-16-17(11-14)21-19(20-16)13-5-8-15(9-6-13)22(3)4/h5-12H,1-4H3,(H,20,21). The van der Waals surface area contributed by atoms with E-state index in [9.17, 15) is 4.79 Å². The molecule has 0 amide bonds. The molecule has 4 heteroatoms. The number of hydrogen-bond acceptors (Lipinski definition) is 3. The maximum Gasteiger partial charge on any atom is 0.165 e. The molecule has 0 bridgehead atoms. The average Bonchev–Trinajstić information content (AvgIpc) is 2.97. The van der Waals surface area contributed by atoms with E-state index in [-0.39, 0.29) is 11.7 Å². The van der Waals surface area contributed by atoms with Gasteiger partial charge in [-0.15, -0.1) is 0 Å². The monoisotopic (exact) mass is 307 g/mol. The largest absolute Gasteiger partial charge is 0.378 e. The lowest BCUT2D eigenvalue weighted by Crippen LogP contribution is -2.07. The molecule has 1 aromatic heterocycles. The molecule has 0 spiro atoms. The molecule has 0 aliphatic heterocycles. The summed E-state index contributed by atoms with van der Waals surface area (Å²) in [5.74, 6) is 0.964. The van der Waals surface area contributed by atoms with Crippen LogP contribution in [0.3, 0.4) is 0 Å². The molecule has 0 saturated heterocycles. The third-order valence-electron chi connectivity index (χ3n) is 3.95. The number of anilines is 1. The Morgan fingerprint density at radius 3 is 2.39 bits per heavy atom. The third kappa shape index (κ3) is 2.97. The summed E-state index contributed by atoms with van der Waals surface area (Å²) in [6.45, 7) is 3.83. The minimum Gasteiger partial charge on any atom is -0.378 e. The first kappa shape index (κ1) is 15.3. The molecule has 118 valence electrons. The van der Waals surface area contributed by atoms with Crippen molar-refractivity contribution in [2.75, 3.05) is 19.0 Å². The normalized spacial score (nSPS) is 11.2. The van der Waals surface area contributed by atoms with E-state index in [1.54, 1.807) is 0 Å². The molecule has 1 heterocycles. The van der Waals surface area contributed by atoms with Gasteiger partial charge in [0.1, 0.15) is 5.82 Å². The van der Waals surface area contributed by atoms with Crippen LogP contribution in [0.15, 0.2) is 42.5 Å². The summed E-state index contributed by atoms with van der Waals surface area (Å²) < 4.78 is 0. The molecule has 0 fully saturated rings. The summed E-state index contributed by atoms with van der Waals surface area (Å²) in [4.78, 5) is 22.1. The Kier molecular flexibility index (Phi) is 3.90. The summed E-state index contributed by atoms with van der Waals surface area (Å²) in [5, 5.41) is 0. The van der Waals surface area contributed by atoms with Crippen molar-refractivity contribution in [3.8, 4) is 11.4 Å². The zero-order chi connectivity index (χ0) is 16.6. The van der Waals surface area contributed by atoms with E-state index in [0.29, 0.717) is 0 Å². The molecular weight excluding hydrogens is 286 g/mol. The maximum absolute atomic E-state index is 12.1. The second-order valence-electron chi connectivity index (χ2n) is 6.28. The lowest BCUT2D eigenvalue weighted by Gasteiger charge is -2.11. The number of carbonyl (C=O) groups excluding carboxylic acids is 1. The summed E-state index contributed by atoms with van der Waals surface area (Å²) in [6, 6.07) is 13.9. The number of H-pyrrole nitrogens is 1. The van der Waals surface area contributed by atoms with E-state index in [0.717, 1.165) is 33.7 Å². The number of ketones is 1. The van der Waals surface area contributed by atoms with E-state index >= 15 is 0 Å². The molecule has 3 aromatic rings. The number of benzene rings is 2. The van der Waals surface area contributed by atoms with Crippen LogP contribution < -0.4 is 4.90 Å². The van der Waals surface area contributed by atoms with Crippen LogP contribution in [-0.2, 0) is 0 Å². The highest BCUT2D eigenvalue weighted by molar-refractivity contribution is 6.00. The second-order valence-corrected chi connectivity index (χ2v) is 6.28. The quantitative estimate of drug-likeness (QED) is 0.737. The van der Waals surface area contributed by atoms with Gasteiger partial charge in [0.25, 0.3) is 0 Å². The van der Waals surface area contributed by atoms with Gasteiger partial charge in [0.05, 0.1) is 11.0 Å². The topological polar surface area (TPSA) is 49.0 Å². The van der Waals surface area contributed by atoms with E-state index in [2.05, 4.69) is 27.0 Å². The van der Waals surface area contributed by atoms with Crippen molar-refractivity contribution in [2.24, 2.45) is 5.92 Å². The summed E-state index contributed by atoms with van der Waals surface area (Å²) >= 11 is 0. The predicted octanol–water partition coefficient (Wildman–Crippen LogP) is 4.13. The molecule has 1 N–H and O–H groups in total. The van der Waals surface area contributed by atoms with Crippen molar-refractivity contribution in [3.05, 3.63) is 48.0 Å². The molecule has 0 aliphatic rings. The molecule has 4 nitrogen and oxygen atoms in total. The molecule has 0 aliphatic carbocycles. The van der Waals surface area contributed by atoms with Crippen LogP contribution in [-0.4, -0.2) is 29.8 Å². The Morgan fingerprint density at radius 1 is 1.09 bits per heavy atom. The fourth-order valence-electron chi connectivity index (χ4n) is 2.55. The number of fused-ring (bicyclic) bond motifs is 1. The average molecular weight is 307 g/mol. The van der Waals surface area contributed by atoms with E-state index in [4.69, 9.17) is 0 Å². The molecular formula is C19H21N3O. The first-order valence-corrected chi connectivity index (χ1v) is 7.77. The summed E-state index contributed by atoms with van der Waals surface area (Å²) in [5.41, 5.74) is 4.67. The number of aromatic amines is 1. The molecule has 23 heavy (non-hydrogen) atoms. The first-order chi connectivity index (χ1) is 11.0. The highest BCUT2D eigenvalue weighted by Crippen LogP contribution is 2.24. The van der Waals surface area contributed by atoms with Crippen molar-refractivity contribution >= 4 is 22.5 Å². The van der Waals surface area contributed by atoms with Gasteiger partial charge in [-0.2, -0.15) is 0 Å². The van der Waals surface area contributed by atoms with Gasteiger partial charge in [0.2, 0.25) is 0 Å². The third-order valence-corrected chi connectivity index (χ3v) is 3.95. The van der Waals surface area contributed by atoms with Crippen LogP contribution in [0, 0.1) is 5.92 Å². The number of hydrogen-bond donors (Lipinski definition) is 1. The summed E-state index contributed by atoms with van der Waals surface area (Å²) in [7, 11) is 4.03. The van der Waals surface area contributed by atoms with Gasteiger partial charge in [-0.3, -0.25) is 4.79 Å². The van der Waals surface area contributed by atoms with Crippen molar-refractivity contribution in [3.63, 3.8) is 0 Å². The minimum atomic E-state index is -0.00609. The zero-order valence-electron chi connectivity index (χ0n) is 13.9. The lowest BCUT2D eigenvalue weighted by molar-refractivity contribution is 0.0939. The highest BCUT2D eigenvalue weighted by atomic mass is 16.1. The Labute approximate surface area is 136 Å². The van der Waals surface area contributed by atoms with Gasteiger partial charge >= 0.3 is 0 Å². The molecule has 2 aromatic carbocycles. The second kappa shape index (κ2) is 5.88. The van der Waals surface area contributed by atoms with Gasteiger partial charge in [-0.05, 0) is 42.5 Å². The van der Waals surface area contributed by atoms with Gasteiger partial charge in [0, 0.05) is 36.8 Å². The van der Waals surface area contributed by atoms with Gasteiger partial charge in [-0.25, -0.2) is 4.98 Å². The van der Waals surface area contributed by atoms with E-state index < -0.39 is 0 Å². The Hall–Kier alpha value is -2.62. The number of rotatable bonds is 4. The van der Waals surface area contributed by atoms with Crippen molar-refractivity contribution in [1.29, 1.82) is 0 Å². The zero-order valence-corrected chi connectivity index (χ0v) is 13.9. The first-order valence-electron chi connectivity index (χ1n) is 7.77. The smallest absolute Gasteiger partial charge is 0.165 e. The lowest BCUT2D eigenvalue weighted by atomic mass is 10.0. The Bertz CT molecular complexity index is 845. The highest BCUT2D eigenvalue weighted by Gasteiger charge is 2.12. The molecule has 0 atom stereocenters. The Balaban J connectivity index is 1.98. The van der Waals surface area contributed by atoms with Crippen LogP contribution >= 0.6 is 0 Å². The van der Waals surface area contributed by atoms with Crippen LogP contribution in [0.25, 0.3) is 22.4 Å². The van der Waals surface area contributed by atoms with Crippen molar-refractivity contribution in [2.45, 2.75) is 13.8 Å². The fraction of sp³-hybridized carbons (Fsp3) is 0.263. The summed E-state index contributed by atoms with van der Waals surface area (Å²) in [6.07, 6.45) is 0. The number of nitrogens with one attached hydrogen (secondary N) is 1. The predicted molar refractivity (Wildman–Crippen MR) is 95.0 cm³/mol. The maximum atomic E-state index is 12.1. The number of nitrogens with zero attached hydrogens (tertiary/aromatic N) is 2. The van der Waals surface area contributed by atoms with Crippen molar-refractivity contribution < 1.29 is 4.79 Å². The molecule has 0 saturated carbocycles. The van der Waals surface area contributed by atoms with Crippen molar-refractivity contribution in [1.82, 2.24) is 9.97 Å². The van der Waals surface area contributed by atoms with Gasteiger partial charge in [-0.1, -0.05) is 13.8 Å².